The summed E-state index contributed by atoms with van der Waals surface area (Å²) >= 11 is 1.61. The van der Waals surface area contributed by atoms with E-state index in [9.17, 15) is 9.18 Å². The molecule has 0 bridgehead atoms. The van der Waals surface area contributed by atoms with Crippen LogP contribution in [0.3, 0.4) is 0 Å². The number of halogens is 1. The lowest BCUT2D eigenvalue weighted by Crippen LogP contribution is -3.15. The summed E-state index contributed by atoms with van der Waals surface area (Å²) in [7, 11) is 0. The van der Waals surface area contributed by atoms with E-state index < -0.39 is 0 Å². The molecule has 0 unspecified atom stereocenters. The lowest BCUT2D eigenvalue weighted by molar-refractivity contribution is -0.892. The number of piperazine rings is 1. The van der Waals surface area contributed by atoms with Gasteiger partial charge in [-0.05, 0) is 55.3 Å². The summed E-state index contributed by atoms with van der Waals surface area (Å²) in [5, 5.41) is 6.05. The van der Waals surface area contributed by atoms with E-state index in [1.54, 1.807) is 23.5 Å². The molecule has 1 fully saturated rings. The molecule has 2 aromatic carbocycles. The quantitative estimate of drug-likeness (QED) is 0.661. The van der Waals surface area contributed by atoms with Gasteiger partial charge in [-0.15, -0.1) is 11.3 Å². The van der Waals surface area contributed by atoms with Gasteiger partial charge in [0, 0.05) is 16.6 Å². The van der Waals surface area contributed by atoms with Gasteiger partial charge in [-0.2, -0.15) is 0 Å². The van der Waals surface area contributed by atoms with Crippen LogP contribution in [-0.4, -0.2) is 43.6 Å². The SMILES string of the molecule is Cc1cccc(NC(=O)C[NH+]2CCN(c3nc(-c4ccc(F)cc4)cs3)CC2)c1C. The van der Waals surface area contributed by atoms with Crippen molar-refractivity contribution in [3.63, 3.8) is 0 Å². The lowest BCUT2D eigenvalue weighted by atomic mass is 10.1. The first kappa shape index (κ1) is 20.5. The van der Waals surface area contributed by atoms with Crippen molar-refractivity contribution in [3.05, 3.63) is 64.8 Å². The molecule has 156 valence electrons. The number of hydrogen-bond acceptors (Lipinski definition) is 4. The molecular weight excluding hydrogens is 399 g/mol. The van der Waals surface area contributed by atoms with Crippen molar-refractivity contribution in [2.75, 3.05) is 42.9 Å². The van der Waals surface area contributed by atoms with Crippen LogP contribution in [0.25, 0.3) is 11.3 Å². The number of nitrogens with one attached hydrogen (secondary N) is 2. The van der Waals surface area contributed by atoms with E-state index >= 15 is 0 Å². The minimum Gasteiger partial charge on any atom is -0.337 e. The van der Waals surface area contributed by atoms with Crippen molar-refractivity contribution in [2.45, 2.75) is 13.8 Å². The third-order valence-corrected chi connectivity index (χ3v) is 6.56. The third-order valence-electron chi connectivity index (χ3n) is 5.66. The van der Waals surface area contributed by atoms with E-state index in [-0.39, 0.29) is 11.7 Å². The van der Waals surface area contributed by atoms with Gasteiger partial charge in [0.2, 0.25) is 0 Å². The molecule has 5 nitrogen and oxygen atoms in total. The van der Waals surface area contributed by atoms with E-state index in [1.165, 1.54) is 22.6 Å². The maximum Gasteiger partial charge on any atom is 0.279 e. The Labute approximate surface area is 180 Å². The van der Waals surface area contributed by atoms with Gasteiger partial charge in [-0.1, -0.05) is 12.1 Å². The molecule has 7 heteroatoms. The van der Waals surface area contributed by atoms with Gasteiger partial charge in [-0.25, -0.2) is 9.37 Å². The van der Waals surface area contributed by atoms with E-state index in [0.717, 1.165) is 53.8 Å². The Kier molecular flexibility index (Phi) is 6.11. The zero-order valence-electron chi connectivity index (χ0n) is 17.2. The van der Waals surface area contributed by atoms with Crippen molar-refractivity contribution >= 4 is 28.1 Å². The Morgan fingerprint density at radius 2 is 1.90 bits per heavy atom. The van der Waals surface area contributed by atoms with Crippen LogP contribution in [0.15, 0.2) is 47.8 Å². The van der Waals surface area contributed by atoms with Crippen molar-refractivity contribution in [2.24, 2.45) is 0 Å². The molecule has 0 radical (unpaired) electrons. The summed E-state index contributed by atoms with van der Waals surface area (Å²) in [6.07, 6.45) is 0. The number of nitrogens with zero attached hydrogens (tertiary/aromatic N) is 2. The standard InChI is InChI=1S/C23H25FN4OS/c1-16-4-3-5-20(17(16)2)25-22(29)14-27-10-12-28(13-11-27)23-26-21(15-30-23)18-6-8-19(24)9-7-18/h3-9,15H,10-14H2,1-2H3,(H,25,29)/p+1. The molecule has 2 N–H and O–H groups in total. The van der Waals surface area contributed by atoms with Gasteiger partial charge >= 0.3 is 0 Å². The molecule has 1 aliphatic rings. The molecule has 2 heterocycles. The van der Waals surface area contributed by atoms with E-state index in [2.05, 4.69) is 23.2 Å². The van der Waals surface area contributed by atoms with Gasteiger partial charge in [0.25, 0.3) is 5.91 Å². The van der Waals surface area contributed by atoms with Crippen molar-refractivity contribution in [1.82, 2.24) is 4.98 Å². The number of carbonyl (C=O) groups excluding carboxylic acids is 1. The molecule has 0 spiro atoms. The van der Waals surface area contributed by atoms with Gasteiger partial charge in [-0.3, -0.25) is 4.79 Å². The fourth-order valence-electron chi connectivity index (χ4n) is 3.66. The largest absolute Gasteiger partial charge is 0.337 e. The van der Waals surface area contributed by atoms with Crippen LogP contribution in [0.1, 0.15) is 11.1 Å². The third kappa shape index (κ3) is 4.68. The van der Waals surface area contributed by atoms with E-state index in [4.69, 9.17) is 4.98 Å². The Balaban J connectivity index is 1.30. The normalized spacial score (nSPS) is 14.7. The Bertz CT molecular complexity index is 1030. The maximum absolute atomic E-state index is 13.1. The highest BCUT2D eigenvalue weighted by Crippen LogP contribution is 2.27. The molecule has 1 aliphatic heterocycles. The van der Waals surface area contributed by atoms with Gasteiger partial charge in [0.1, 0.15) is 5.82 Å². The summed E-state index contributed by atoms with van der Waals surface area (Å²) in [5.41, 5.74) is 4.99. The summed E-state index contributed by atoms with van der Waals surface area (Å²) in [5.74, 6) is -0.185. The number of hydrogen-bond donors (Lipinski definition) is 2. The van der Waals surface area contributed by atoms with Gasteiger partial charge in [0.15, 0.2) is 11.7 Å². The Hall–Kier alpha value is -2.77. The molecule has 1 saturated heterocycles. The fourth-order valence-corrected chi connectivity index (χ4v) is 4.55. The molecule has 3 aromatic rings. The fraction of sp³-hybridized carbons (Fsp3) is 0.304. The highest BCUT2D eigenvalue weighted by molar-refractivity contribution is 7.14. The first-order chi connectivity index (χ1) is 14.5. The predicted molar refractivity (Wildman–Crippen MR) is 120 cm³/mol. The van der Waals surface area contributed by atoms with Gasteiger partial charge < -0.3 is 15.1 Å². The topological polar surface area (TPSA) is 49.7 Å². The minimum atomic E-state index is -0.241. The van der Waals surface area contributed by atoms with Crippen LogP contribution in [0.4, 0.5) is 15.2 Å². The smallest absolute Gasteiger partial charge is 0.279 e. The number of aryl methyl sites for hydroxylation is 1. The highest BCUT2D eigenvalue weighted by Gasteiger charge is 2.24. The highest BCUT2D eigenvalue weighted by atomic mass is 32.1. The number of benzene rings is 2. The summed E-state index contributed by atoms with van der Waals surface area (Å²) in [6, 6.07) is 12.4. The first-order valence-electron chi connectivity index (χ1n) is 10.2. The van der Waals surface area contributed by atoms with Crippen LogP contribution in [0.5, 0.6) is 0 Å². The Morgan fingerprint density at radius 3 is 2.63 bits per heavy atom. The second kappa shape index (κ2) is 8.93. The average Bonchev–Trinajstić information content (AvgIpc) is 3.23. The van der Waals surface area contributed by atoms with Crippen molar-refractivity contribution < 1.29 is 14.1 Å². The molecule has 1 aromatic heterocycles. The zero-order valence-corrected chi connectivity index (χ0v) is 18.1. The number of thiazole rings is 1. The minimum absolute atomic E-state index is 0.0556. The van der Waals surface area contributed by atoms with Crippen LogP contribution < -0.4 is 15.1 Å². The van der Waals surface area contributed by atoms with Crippen molar-refractivity contribution in [3.8, 4) is 11.3 Å². The van der Waals surface area contributed by atoms with E-state index in [1.807, 2.05) is 24.4 Å². The number of anilines is 2. The van der Waals surface area contributed by atoms with Crippen LogP contribution >= 0.6 is 11.3 Å². The zero-order chi connectivity index (χ0) is 21.1. The van der Waals surface area contributed by atoms with Crippen LogP contribution in [0.2, 0.25) is 0 Å². The second-order valence-electron chi connectivity index (χ2n) is 7.73. The first-order valence-corrected chi connectivity index (χ1v) is 11.0. The number of carbonyl (C=O) groups is 1. The molecule has 0 atom stereocenters. The van der Waals surface area contributed by atoms with Crippen molar-refractivity contribution in [1.29, 1.82) is 0 Å². The number of quaternary nitrogens is 1. The molecule has 4 rings (SSSR count). The molecule has 0 saturated carbocycles. The summed E-state index contributed by atoms with van der Waals surface area (Å²) < 4.78 is 13.1. The van der Waals surface area contributed by atoms with Crippen LogP contribution in [0, 0.1) is 19.7 Å². The Morgan fingerprint density at radius 1 is 1.17 bits per heavy atom. The van der Waals surface area contributed by atoms with Crippen LogP contribution in [-0.2, 0) is 4.79 Å². The molecule has 0 aliphatic carbocycles. The number of aromatic nitrogens is 1. The predicted octanol–water partition coefficient (Wildman–Crippen LogP) is 2.91. The van der Waals surface area contributed by atoms with E-state index in [0.29, 0.717) is 6.54 Å². The summed E-state index contributed by atoms with van der Waals surface area (Å²) in [6.45, 7) is 8.07. The average molecular weight is 426 g/mol. The maximum atomic E-state index is 13.1. The number of rotatable bonds is 5. The monoisotopic (exact) mass is 425 g/mol. The lowest BCUT2D eigenvalue weighted by Gasteiger charge is -2.31. The summed E-state index contributed by atoms with van der Waals surface area (Å²) in [4.78, 5) is 20.8. The molecular formula is C23H26FN4OS+. The number of amides is 1. The molecule has 30 heavy (non-hydrogen) atoms. The second-order valence-corrected chi connectivity index (χ2v) is 8.57. The molecule has 1 amide bonds. The van der Waals surface area contributed by atoms with Gasteiger partial charge in [0.05, 0.1) is 31.9 Å².